The fourth-order valence-corrected chi connectivity index (χ4v) is 1.51. The SMILES string of the molecule is CCCNc1nccc(NCCCC(C)C)n1. The highest BCUT2D eigenvalue weighted by molar-refractivity contribution is 5.39. The Bertz CT molecular complexity index is 312. The molecule has 0 aliphatic carbocycles. The average Bonchev–Trinajstić information content (AvgIpc) is 2.32. The maximum absolute atomic E-state index is 4.39. The number of aromatic nitrogens is 2. The van der Waals surface area contributed by atoms with E-state index >= 15 is 0 Å². The van der Waals surface area contributed by atoms with Gasteiger partial charge in [-0.1, -0.05) is 20.8 Å². The molecule has 0 atom stereocenters. The number of rotatable bonds is 8. The minimum Gasteiger partial charge on any atom is -0.370 e. The molecule has 0 aromatic carbocycles. The molecule has 96 valence electrons. The summed E-state index contributed by atoms with van der Waals surface area (Å²) in [7, 11) is 0. The Morgan fingerprint density at radius 2 is 2.06 bits per heavy atom. The first-order valence-corrected chi connectivity index (χ1v) is 6.53. The average molecular weight is 236 g/mol. The number of hydrogen-bond donors (Lipinski definition) is 2. The number of hydrogen-bond acceptors (Lipinski definition) is 4. The third kappa shape index (κ3) is 6.09. The summed E-state index contributed by atoms with van der Waals surface area (Å²) in [4.78, 5) is 8.56. The molecule has 0 fully saturated rings. The van der Waals surface area contributed by atoms with E-state index in [9.17, 15) is 0 Å². The van der Waals surface area contributed by atoms with E-state index in [-0.39, 0.29) is 0 Å². The van der Waals surface area contributed by atoms with Crippen LogP contribution in [0, 0.1) is 5.92 Å². The summed E-state index contributed by atoms with van der Waals surface area (Å²) in [6.45, 7) is 8.51. The summed E-state index contributed by atoms with van der Waals surface area (Å²) in [5.41, 5.74) is 0. The zero-order chi connectivity index (χ0) is 12.5. The van der Waals surface area contributed by atoms with Gasteiger partial charge in [0, 0.05) is 19.3 Å². The van der Waals surface area contributed by atoms with Crippen molar-refractivity contribution in [1.82, 2.24) is 9.97 Å². The summed E-state index contributed by atoms with van der Waals surface area (Å²) in [5.74, 6) is 2.38. The molecule has 0 aliphatic rings. The van der Waals surface area contributed by atoms with Crippen molar-refractivity contribution in [2.24, 2.45) is 5.92 Å². The monoisotopic (exact) mass is 236 g/mol. The van der Waals surface area contributed by atoms with Crippen LogP contribution in [0.1, 0.15) is 40.0 Å². The van der Waals surface area contributed by atoms with E-state index in [0.29, 0.717) is 5.95 Å². The predicted molar refractivity (Wildman–Crippen MR) is 73.4 cm³/mol. The van der Waals surface area contributed by atoms with Gasteiger partial charge in [-0.25, -0.2) is 4.98 Å². The van der Waals surface area contributed by atoms with Crippen molar-refractivity contribution in [2.45, 2.75) is 40.0 Å². The quantitative estimate of drug-likeness (QED) is 0.681. The molecule has 2 N–H and O–H groups in total. The van der Waals surface area contributed by atoms with Crippen LogP contribution >= 0.6 is 0 Å². The number of nitrogens with one attached hydrogen (secondary N) is 2. The normalized spacial score (nSPS) is 10.6. The molecule has 1 rings (SSSR count). The van der Waals surface area contributed by atoms with E-state index in [0.717, 1.165) is 31.2 Å². The van der Waals surface area contributed by atoms with Crippen LogP contribution in [0.15, 0.2) is 12.3 Å². The van der Waals surface area contributed by atoms with Crippen LogP contribution in [0.2, 0.25) is 0 Å². The molecule has 4 nitrogen and oxygen atoms in total. The van der Waals surface area contributed by atoms with Gasteiger partial charge >= 0.3 is 0 Å². The van der Waals surface area contributed by atoms with E-state index in [2.05, 4.69) is 41.4 Å². The lowest BCUT2D eigenvalue weighted by Gasteiger charge is -2.08. The molecule has 0 bridgehead atoms. The molecule has 0 saturated carbocycles. The molecule has 17 heavy (non-hydrogen) atoms. The summed E-state index contributed by atoms with van der Waals surface area (Å²) in [6.07, 6.45) is 5.30. The van der Waals surface area contributed by atoms with Crippen molar-refractivity contribution in [2.75, 3.05) is 23.7 Å². The van der Waals surface area contributed by atoms with Crippen LogP contribution < -0.4 is 10.6 Å². The van der Waals surface area contributed by atoms with Gasteiger partial charge in [-0.3, -0.25) is 0 Å². The van der Waals surface area contributed by atoms with E-state index in [1.807, 2.05) is 6.07 Å². The summed E-state index contributed by atoms with van der Waals surface area (Å²) < 4.78 is 0. The van der Waals surface area contributed by atoms with Gasteiger partial charge in [-0.15, -0.1) is 0 Å². The Morgan fingerprint density at radius 1 is 1.24 bits per heavy atom. The first-order chi connectivity index (χ1) is 8.22. The lowest BCUT2D eigenvalue weighted by atomic mass is 10.1. The summed E-state index contributed by atoms with van der Waals surface area (Å²) in [6, 6.07) is 1.91. The van der Waals surface area contributed by atoms with E-state index in [1.165, 1.54) is 12.8 Å². The maximum Gasteiger partial charge on any atom is 0.224 e. The Labute approximate surface area is 104 Å². The number of nitrogens with zero attached hydrogens (tertiary/aromatic N) is 2. The van der Waals surface area contributed by atoms with Crippen molar-refractivity contribution >= 4 is 11.8 Å². The second kappa shape index (κ2) is 7.87. The lowest BCUT2D eigenvalue weighted by Crippen LogP contribution is -2.08. The first kappa shape index (κ1) is 13.7. The minimum absolute atomic E-state index is 0.709. The van der Waals surface area contributed by atoms with Gasteiger partial charge in [0.25, 0.3) is 0 Å². The molecule has 1 heterocycles. The van der Waals surface area contributed by atoms with Crippen LogP contribution in [0.4, 0.5) is 11.8 Å². The fourth-order valence-electron chi connectivity index (χ4n) is 1.51. The molecular weight excluding hydrogens is 212 g/mol. The molecule has 0 radical (unpaired) electrons. The van der Waals surface area contributed by atoms with Gasteiger partial charge in [0.1, 0.15) is 5.82 Å². The maximum atomic E-state index is 4.39. The summed E-state index contributed by atoms with van der Waals surface area (Å²) in [5, 5.41) is 6.51. The largest absolute Gasteiger partial charge is 0.370 e. The Morgan fingerprint density at radius 3 is 2.76 bits per heavy atom. The molecule has 0 amide bonds. The molecule has 0 aliphatic heterocycles. The van der Waals surface area contributed by atoms with Crippen LogP contribution in [0.25, 0.3) is 0 Å². The van der Waals surface area contributed by atoms with Crippen LogP contribution in [0.5, 0.6) is 0 Å². The summed E-state index contributed by atoms with van der Waals surface area (Å²) >= 11 is 0. The zero-order valence-corrected chi connectivity index (χ0v) is 11.2. The van der Waals surface area contributed by atoms with Gasteiger partial charge in [0.05, 0.1) is 0 Å². The Kier molecular flexibility index (Phi) is 6.37. The van der Waals surface area contributed by atoms with Crippen LogP contribution in [-0.2, 0) is 0 Å². The molecule has 1 aromatic rings. The molecular formula is C13H24N4. The smallest absolute Gasteiger partial charge is 0.224 e. The van der Waals surface area contributed by atoms with E-state index in [1.54, 1.807) is 6.20 Å². The van der Waals surface area contributed by atoms with Crippen molar-refractivity contribution < 1.29 is 0 Å². The Hall–Kier alpha value is -1.32. The molecule has 0 unspecified atom stereocenters. The highest BCUT2D eigenvalue weighted by Gasteiger charge is 1.98. The molecule has 1 aromatic heterocycles. The van der Waals surface area contributed by atoms with Gasteiger partial charge < -0.3 is 10.6 Å². The number of anilines is 2. The second-order valence-corrected chi connectivity index (χ2v) is 4.66. The van der Waals surface area contributed by atoms with Crippen molar-refractivity contribution in [3.05, 3.63) is 12.3 Å². The van der Waals surface area contributed by atoms with Gasteiger partial charge in [0.2, 0.25) is 5.95 Å². The van der Waals surface area contributed by atoms with Crippen LogP contribution in [0.3, 0.4) is 0 Å². The van der Waals surface area contributed by atoms with Gasteiger partial charge in [0.15, 0.2) is 0 Å². The molecule has 0 spiro atoms. The highest BCUT2D eigenvalue weighted by atomic mass is 15.1. The van der Waals surface area contributed by atoms with Crippen molar-refractivity contribution in [3.63, 3.8) is 0 Å². The Balaban J connectivity index is 2.32. The van der Waals surface area contributed by atoms with E-state index in [4.69, 9.17) is 0 Å². The lowest BCUT2D eigenvalue weighted by molar-refractivity contribution is 0.566. The fraction of sp³-hybridized carbons (Fsp3) is 0.692. The predicted octanol–water partition coefficient (Wildman–Crippen LogP) is 3.15. The van der Waals surface area contributed by atoms with Gasteiger partial charge in [-0.2, -0.15) is 4.98 Å². The van der Waals surface area contributed by atoms with Crippen molar-refractivity contribution in [3.8, 4) is 0 Å². The van der Waals surface area contributed by atoms with Gasteiger partial charge in [-0.05, 0) is 31.2 Å². The highest BCUT2D eigenvalue weighted by Crippen LogP contribution is 2.07. The van der Waals surface area contributed by atoms with E-state index < -0.39 is 0 Å². The molecule has 0 saturated heterocycles. The van der Waals surface area contributed by atoms with Crippen LogP contribution in [-0.4, -0.2) is 23.1 Å². The second-order valence-electron chi connectivity index (χ2n) is 4.66. The zero-order valence-electron chi connectivity index (χ0n) is 11.2. The third-order valence-electron chi connectivity index (χ3n) is 2.45. The topological polar surface area (TPSA) is 49.8 Å². The third-order valence-corrected chi connectivity index (χ3v) is 2.45. The minimum atomic E-state index is 0.709. The van der Waals surface area contributed by atoms with Crippen molar-refractivity contribution in [1.29, 1.82) is 0 Å². The first-order valence-electron chi connectivity index (χ1n) is 6.53. The standard InChI is InChI=1S/C13H24N4/c1-4-8-15-13-16-10-7-12(17-13)14-9-5-6-11(2)3/h7,10-11H,4-6,8-9H2,1-3H3,(H2,14,15,16,17). The molecule has 4 heteroatoms.